The Morgan fingerprint density at radius 3 is 2.71 bits per heavy atom. The summed E-state index contributed by atoms with van der Waals surface area (Å²) in [4.78, 5) is 12.8. The normalized spacial score (nSPS) is 15.1. The van der Waals surface area contributed by atoms with Crippen LogP contribution in [0.25, 0.3) is 0 Å². The Balaban J connectivity index is 2.32. The molecular weight excluding hydrogens is 174 g/mol. The van der Waals surface area contributed by atoms with Crippen LogP contribution in [0.3, 0.4) is 0 Å². The molecule has 0 fully saturated rings. The molecule has 0 aliphatic carbocycles. The van der Waals surface area contributed by atoms with Gasteiger partial charge < -0.3 is 4.90 Å². The largest absolute Gasteiger partial charge is 0.335 e. The van der Waals surface area contributed by atoms with Crippen molar-refractivity contribution < 1.29 is 4.79 Å². The van der Waals surface area contributed by atoms with Crippen molar-refractivity contribution in [1.29, 1.82) is 0 Å². The molecular formula is C12H11NO. The summed E-state index contributed by atoms with van der Waals surface area (Å²) in [6.45, 7) is 0.759. The van der Waals surface area contributed by atoms with Crippen LogP contribution in [0.15, 0.2) is 54.3 Å². The van der Waals surface area contributed by atoms with E-state index in [1.165, 1.54) is 0 Å². The second-order valence-corrected chi connectivity index (χ2v) is 3.08. The highest BCUT2D eigenvalue weighted by atomic mass is 16.1. The maximum atomic E-state index is 10.8. The molecule has 1 aliphatic rings. The van der Waals surface area contributed by atoms with Crippen molar-refractivity contribution in [3.63, 3.8) is 0 Å². The SMILES string of the molecule is O=CC1=CC=CCN1c1ccccc1. The summed E-state index contributed by atoms with van der Waals surface area (Å²) in [6.07, 6.45) is 6.64. The molecule has 0 radical (unpaired) electrons. The Morgan fingerprint density at radius 1 is 1.21 bits per heavy atom. The van der Waals surface area contributed by atoms with E-state index < -0.39 is 0 Å². The van der Waals surface area contributed by atoms with Gasteiger partial charge in [0.2, 0.25) is 0 Å². The lowest BCUT2D eigenvalue weighted by atomic mass is 10.2. The summed E-state index contributed by atoms with van der Waals surface area (Å²) in [5, 5.41) is 0. The number of hydrogen-bond donors (Lipinski definition) is 0. The number of carbonyl (C=O) groups is 1. The highest BCUT2D eigenvalue weighted by molar-refractivity contribution is 5.81. The predicted molar refractivity (Wildman–Crippen MR) is 57.1 cm³/mol. The standard InChI is InChI=1S/C12H11NO/c14-10-12-8-4-5-9-13(12)11-6-2-1-3-7-11/h1-8,10H,9H2. The van der Waals surface area contributed by atoms with E-state index in [4.69, 9.17) is 0 Å². The third-order valence-corrected chi connectivity index (χ3v) is 2.19. The van der Waals surface area contributed by atoms with Crippen molar-refractivity contribution in [3.05, 3.63) is 54.3 Å². The number of carbonyl (C=O) groups excluding carboxylic acids is 1. The quantitative estimate of drug-likeness (QED) is 0.658. The van der Waals surface area contributed by atoms with Crippen LogP contribution in [0.1, 0.15) is 0 Å². The van der Waals surface area contributed by atoms with Gasteiger partial charge in [0.15, 0.2) is 6.29 Å². The zero-order chi connectivity index (χ0) is 9.80. The van der Waals surface area contributed by atoms with Crippen LogP contribution in [-0.2, 0) is 4.79 Å². The van der Waals surface area contributed by atoms with Crippen molar-refractivity contribution in [3.8, 4) is 0 Å². The summed E-state index contributed by atoms with van der Waals surface area (Å²) in [6, 6.07) is 9.90. The third-order valence-electron chi connectivity index (χ3n) is 2.19. The monoisotopic (exact) mass is 185 g/mol. The van der Waals surface area contributed by atoms with Gasteiger partial charge in [0, 0.05) is 12.2 Å². The summed E-state index contributed by atoms with van der Waals surface area (Å²) in [5.41, 5.74) is 1.76. The fourth-order valence-corrected chi connectivity index (χ4v) is 1.49. The van der Waals surface area contributed by atoms with Crippen LogP contribution < -0.4 is 4.90 Å². The van der Waals surface area contributed by atoms with E-state index in [0.717, 1.165) is 18.5 Å². The van der Waals surface area contributed by atoms with Gasteiger partial charge >= 0.3 is 0 Å². The van der Waals surface area contributed by atoms with E-state index >= 15 is 0 Å². The Morgan fingerprint density at radius 2 is 2.00 bits per heavy atom. The first-order valence-electron chi connectivity index (χ1n) is 4.56. The number of para-hydroxylation sites is 1. The Kier molecular flexibility index (Phi) is 2.45. The Hall–Kier alpha value is -1.83. The van der Waals surface area contributed by atoms with E-state index in [0.29, 0.717) is 5.70 Å². The molecule has 0 spiro atoms. The molecule has 0 saturated heterocycles. The van der Waals surface area contributed by atoms with Gasteiger partial charge in [0.05, 0.1) is 5.70 Å². The maximum absolute atomic E-state index is 10.8. The molecule has 0 amide bonds. The summed E-state index contributed by atoms with van der Waals surface area (Å²) >= 11 is 0. The van der Waals surface area contributed by atoms with Gasteiger partial charge in [0.25, 0.3) is 0 Å². The molecule has 70 valence electrons. The molecule has 1 aliphatic heterocycles. The van der Waals surface area contributed by atoms with Crippen LogP contribution in [-0.4, -0.2) is 12.8 Å². The Bertz CT molecular complexity index is 379. The van der Waals surface area contributed by atoms with Crippen LogP contribution in [0.5, 0.6) is 0 Å². The molecule has 2 heteroatoms. The lowest BCUT2D eigenvalue weighted by molar-refractivity contribution is -0.105. The zero-order valence-electron chi connectivity index (χ0n) is 7.76. The van der Waals surface area contributed by atoms with Gasteiger partial charge in [0.1, 0.15) is 0 Å². The number of aldehydes is 1. The third kappa shape index (κ3) is 1.59. The Labute approximate surface area is 83.2 Å². The average molecular weight is 185 g/mol. The van der Waals surface area contributed by atoms with Gasteiger partial charge in [-0.15, -0.1) is 0 Å². The molecule has 0 atom stereocenters. The molecule has 0 saturated carbocycles. The second kappa shape index (κ2) is 3.92. The van der Waals surface area contributed by atoms with E-state index in [9.17, 15) is 4.79 Å². The number of benzene rings is 1. The maximum Gasteiger partial charge on any atom is 0.166 e. The van der Waals surface area contributed by atoms with Crippen molar-refractivity contribution in [2.24, 2.45) is 0 Å². The molecule has 1 aromatic carbocycles. The van der Waals surface area contributed by atoms with Gasteiger partial charge in [-0.05, 0) is 18.2 Å². The minimum atomic E-state index is 0.707. The fraction of sp³-hybridized carbons (Fsp3) is 0.0833. The van der Waals surface area contributed by atoms with Crippen LogP contribution in [0.2, 0.25) is 0 Å². The molecule has 1 heterocycles. The molecule has 0 unspecified atom stereocenters. The van der Waals surface area contributed by atoms with Gasteiger partial charge in [-0.1, -0.05) is 30.4 Å². The van der Waals surface area contributed by atoms with Crippen molar-refractivity contribution >= 4 is 12.0 Å². The van der Waals surface area contributed by atoms with E-state index in [2.05, 4.69) is 0 Å². The highest BCUT2D eigenvalue weighted by Gasteiger charge is 2.10. The van der Waals surface area contributed by atoms with Crippen molar-refractivity contribution in [1.82, 2.24) is 0 Å². The topological polar surface area (TPSA) is 20.3 Å². The van der Waals surface area contributed by atoms with Gasteiger partial charge in [-0.3, -0.25) is 4.79 Å². The minimum Gasteiger partial charge on any atom is -0.335 e. The molecule has 0 bridgehead atoms. The van der Waals surface area contributed by atoms with Crippen LogP contribution >= 0.6 is 0 Å². The minimum absolute atomic E-state index is 0.707. The average Bonchev–Trinajstić information content (AvgIpc) is 2.30. The van der Waals surface area contributed by atoms with E-state index in [1.54, 1.807) is 0 Å². The number of allylic oxidation sites excluding steroid dienone is 3. The second-order valence-electron chi connectivity index (χ2n) is 3.08. The number of nitrogens with zero attached hydrogens (tertiary/aromatic N) is 1. The van der Waals surface area contributed by atoms with Gasteiger partial charge in [-0.2, -0.15) is 0 Å². The molecule has 2 rings (SSSR count). The smallest absolute Gasteiger partial charge is 0.166 e. The molecule has 1 aromatic rings. The zero-order valence-corrected chi connectivity index (χ0v) is 7.76. The first-order chi connectivity index (χ1) is 6.92. The van der Waals surface area contributed by atoms with E-state index in [-0.39, 0.29) is 0 Å². The van der Waals surface area contributed by atoms with Crippen LogP contribution in [0, 0.1) is 0 Å². The number of hydrogen-bond acceptors (Lipinski definition) is 2. The predicted octanol–water partition coefficient (Wildman–Crippen LogP) is 2.15. The van der Waals surface area contributed by atoms with Gasteiger partial charge in [-0.25, -0.2) is 0 Å². The lowest BCUT2D eigenvalue weighted by Gasteiger charge is -2.24. The number of rotatable bonds is 2. The highest BCUT2D eigenvalue weighted by Crippen LogP contribution is 2.19. The fourth-order valence-electron chi connectivity index (χ4n) is 1.49. The lowest BCUT2D eigenvalue weighted by Crippen LogP contribution is -2.24. The summed E-state index contributed by atoms with van der Waals surface area (Å²) < 4.78 is 0. The van der Waals surface area contributed by atoms with Crippen molar-refractivity contribution in [2.45, 2.75) is 0 Å². The first kappa shape index (κ1) is 8.75. The molecule has 14 heavy (non-hydrogen) atoms. The molecule has 2 nitrogen and oxygen atoms in total. The summed E-state index contributed by atoms with van der Waals surface area (Å²) in [7, 11) is 0. The van der Waals surface area contributed by atoms with Crippen LogP contribution in [0.4, 0.5) is 5.69 Å². The molecule has 0 aromatic heterocycles. The van der Waals surface area contributed by atoms with Crippen molar-refractivity contribution in [2.75, 3.05) is 11.4 Å². The number of anilines is 1. The molecule has 0 N–H and O–H groups in total. The first-order valence-corrected chi connectivity index (χ1v) is 4.56. The van der Waals surface area contributed by atoms with E-state index in [1.807, 2.05) is 53.5 Å². The summed E-state index contributed by atoms with van der Waals surface area (Å²) in [5.74, 6) is 0.